The van der Waals surface area contributed by atoms with E-state index in [2.05, 4.69) is 23.7 Å². The maximum absolute atomic E-state index is 12.4. The number of hydrogen-bond acceptors (Lipinski definition) is 7. The van der Waals surface area contributed by atoms with Crippen molar-refractivity contribution in [3.63, 3.8) is 0 Å². The summed E-state index contributed by atoms with van der Waals surface area (Å²) in [6.45, 7) is 2.68. The van der Waals surface area contributed by atoms with Gasteiger partial charge in [0.2, 0.25) is 10.0 Å². The molecule has 0 fully saturated rings. The Hall–Kier alpha value is -1.91. The van der Waals surface area contributed by atoms with E-state index in [4.69, 9.17) is 0 Å². The Bertz CT molecular complexity index is 870. The van der Waals surface area contributed by atoms with Gasteiger partial charge in [-0.1, -0.05) is 6.07 Å². The van der Waals surface area contributed by atoms with Gasteiger partial charge in [-0.2, -0.15) is 8.75 Å². The Morgan fingerprint density at radius 3 is 3.00 bits per heavy atom. The zero-order chi connectivity index (χ0) is 14.9. The number of aryl methyl sites for hydroxylation is 1. The van der Waals surface area contributed by atoms with Crippen LogP contribution in [0, 0.1) is 0 Å². The maximum atomic E-state index is 12.4. The molecule has 8 nitrogen and oxygen atoms in total. The van der Waals surface area contributed by atoms with Crippen LogP contribution in [-0.4, -0.2) is 31.9 Å². The monoisotopic (exact) mass is 324 g/mol. The van der Waals surface area contributed by atoms with E-state index >= 15 is 0 Å². The standard InChI is InChI=1S/C11H12N6O2S2/c1-2-17-7-12-14-10(17)6-13-21(18,19)9-5-3-4-8-11(9)16-20-15-8/h3-5,7,13H,2,6H2,1H3. The van der Waals surface area contributed by atoms with Gasteiger partial charge in [0.1, 0.15) is 28.1 Å². The van der Waals surface area contributed by atoms with E-state index in [-0.39, 0.29) is 11.4 Å². The van der Waals surface area contributed by atoms with Gasteiger partial charge in [-0.15, -0.1) is 10.2 Å². The van der Waals surface area contributed by atoms with E-state index in [0.717, 1.165) is 11.7 Å². The molecule has 0 unspecified atom stereocenters. The van der Waals surface area contributed by atoms with E-state index in [1.807, 2.05) is 6.92 Å². The van der Waals surface area contributed by atoms with Gasteiger partial charge in [0.05, 0.1) is 18.3 Å². The third-order valence-corrected chi connectivity index (χ3v) is 4.97. The molecule has 21 heavy (non-hydrogen) atoms. The number of rotatable bonds is 5. The van der Waals surface area contributed by atoms with Crippen molar-refractivity contribution >= 4 is 32.8 Å². The molecule has 0 radical (unpaired) electrons. The lowest BCUT2D eigenvalue weighted by atomic mass is 10.3. The molecule has 1 N–H and O–H groups in total. The predicted octanol–water partition coefficient (Wildman–Crippen LogP) is 0.781. The van der Waals surface area contributed by atoms with Gasteiger partial charge in [-0.05, 0) is 19.1 Å². The van der Waals surface area contributed by atoms with Crippen LogP contribution in [0.25, 0.3) is 11.0 Å². The largest absolute Gasteiger partial charge is 0.317 e. The summed E-state index contributed by atoms with van der Waals surface area (Å²) in [4.78, 5) is 0.122. The normalized spacial score (nSPS) is 12.0. The summed E-state index contributed by atoms with van der Waals surface area (Å²) in [5, 5.41) is 7.66. The molecule has 10 heteroatoms. The smallest absolute Gasteiger partial charge is 0.243 e. The lowest BCUT2D eigenvalue weighted by molar-refractivity contribution is 0.576. The first-order chi connectivity index (χ1) is 10.1. The van der Waals surface area contributed by atoms with Crippen LogP contribution in [-0.2, 0) is 23.1 Å². The van der Waals surface area contributed by atoms with E-state index in [9.17, 15) is 8.42 Å². The molecule has 0 bridgehead atoms. The minimum absolute atomic E-state index is 0.0735. The van der Waals surface area contributed by atoms with Crippen LogP contribution < -0.4 is 4.72 Å². The van der Waals surface area contributed by atoms with Crippen molar-refractivity contribution in [2.24, 2.45) is 0 Å². The second kappa shape index (κ2) is 5.47. The van der Waals surface area contributed by atoms with Crippen LogP contribution in [0.4, 0.5) is 0 Å². The first kappa shape index (κ1) is 14.0. The molecule has 0 aliphatic heterocycles. The topological polar surface area (TPSA) is 103 Å². The quantitative estimate of drug-likeness (QED) is 0.744. The molecule has 0 aliphatic rings. The zero-order valence-corrected chi connectivity index (χ0v) is 12.7. The van der Waals surface area contributed by atoms with E-state index < -0.39 is 10.0 Å². The minimum Gasteiger partial charge on any atom is -0.317 e. The average Bonchev–Trinajstić information content (AvgIpc) is 3.12. The molecule has 3 aromatic rings. The van der Waals surface area contributed by atoms with Gasteiger partial charge in [0.15, 0.2) is 0 Å². The van der Waals surface area contributed by atoms with Crippen molar-refractivity contribution in [2.45, 2.75) is 24.9 Å². The predicted molar refractivity (Wildman–Crippen MR) is 77.1 cm³/mol. The summed E-state index contributed by atoms with van der Waals surface area (Å²) >= 11 is 0.986. The van der Waals surface area contributed by atoms with Crippen molar-refractivity contribution in [3.8, 4) is 0 Å². The molecule has 0 amide bonds. The van der Waals surface area contributed by atoms with Gasteiger partial charge >= 0.3 is 0 Å². The van der Waals surface area contributed by atoms with Crippen molar-refractivity contribution in [2.75, 3.05) is 0 Å². The van der Waals surface area contributed by atoms with Crippen molar-refractivity contribution in [3.05, 3.63) is 30.4 Å². The Labute approximate surface area is 125 Å². The summed E-state index contributed by atoms with van der Waals surface area (Å²) in [7, 11) is -3.68. The van der Waals surface area contributed by atoms with E-state index in [1.54, 1.807) is 23.0 Å². The average molecular weight is 324 g/mol. The summed E-state index contributed by atoms with van der Waals surface area (Å²) < 4.78 is 37.2. The van der Waals surface area contributed by atoms with Crippen molar-refractivity contribution < 1.29 is 8.42 Å². The van der Waals surface area contributed by atoms with Crippen LogP contribution in [0.3, 0.4) is 0 Å². The zero-order valence-electron chi connectivity index (χ0n) is 11.1. The number of sulfonamides is 1. The summed E-state index contributed by atoms with van der Waals surface area (Å²) in [5.41, 5.74) is 0.951. The number of nitrogens with one attached hydrogen (secondary N) is 1. The lowest BCUT2D eigenvalue weighted by Gasteiger charge is -2.07. The first-order valence-corrected chi connectivity index (χ1v) is 8.41. The van der Waals surface area contributed by atoms with Crippen LogP contribution in [0.5, 0.6) is 0 Å². The fraction of sp³-hybridized carbons (Fsp3) is 0.273. The molecule has 1 aromatic carbocycles. The van der Waals surface area contributed by atoms with Gasteiger partial charge in [-0.3, -0.25) is 0 Å². The Balaban J connectivity index is 1.89. The molecule has 110 valence electrons. The fourth-order valence-electron chi connectivity index (χ4n) is 1.92. The molecule has 3 rings (SSSR count). The second-order valence-corrected chi connectivity index (χ2v) is 6.51. The van der Waals surface area contributed by atoms with Crippen LogP contribution in [0.2, 0.25) is 0 Å². The maximum Gasteiger partial charge on any atom is 0.243 e. The Kier molecular flexibility index (Phi) is 3.66. The minimum atomic E-state index is -3.68. The summed E-state index contributed by atoms with van der Waals surface area (Å²) in [5.74, 6) is 0.560. The Morgan fingerprint density at radius 2 is 2.19 bits per heavy atom. The molecule has 0 aliphatic carbocycles. The highest BCUT2D eigenvalue weighted by atomic mass is 32.2. The van der Waals surface area contributed by atoms with Crippen molar-refractivity contribution in [1.29, 1.82) is 0 Å². The van der Waals surface area contributed by atoms with E-state index in [1.165, 1.54) is 6.07 Å². The molecule has 0 spiro atoms. The molecular formula is C11H12N6O2S2. The fourth-order valence-corrected chi connectivity index (χ4v) is 3.66. The highest BCUT2D eigenvalue weighted by Crippen LogP contribution is 2.20. The molecule has 0 atom stereocenters. The highest BCUT2D eigenvalue weighted by molar-refractivity contribution is 7.89. The molecule has 0 saturated heterocycles. The third-order valence-electron chi connectivity index (χ3n) is 3.00. The van der Waals surface area contributed by atoms with E-state index in [0.29, 0.717) is 23.4 Å². The molecule has 2 aromatic heterocycles. The van der Waals surface area contributed by atoms with Gasteiger partial charge in [-0.25, -0.2) is 13.1 Å². The molecule has 0 saturated carbocycles. The number of fused-ring (bicyclic) bond motifs is 1. The lowest BCUT2D eigenvalue weighted by Crippen LogP contribution is -2.25. The van der Waals surface area contributed by atoms with Crippen LogP contribution in [0.15, 0.2) is 29.4 Å². The molecular weight excluding hydrogens is 312 g/mol. The number of benzene rings is 1. The second-order valence-electron chi connectivity index (χ2n) is 4.25. The summed E-state index contributed by atoms with van der Waals surface area (Å²) in [6, 6.07) is 4.88. The van der Waals surface area contributed by atoms with Gasteiger partial charge < -0.3 is 4.57 Å². The highest BCUT2D eigenvalue weighted by Gasteiger charge is 2.20. The van der Waals surface area contributed by atoms with Crippen LogP contribution >= 0.6 is 11.7 Å². The van der Waals surface area contributed by atoms with Gasteiger partial charge in [0, 0.05) is 6.54 Å². The third kappa shape index (κ3) is 2.64. The number of aromatic nitrogens is 5. The number of hydrogen-bond donors (Lipinski definition) is 1. The summed E-state index contributed by atoms with van der Waals surface area (Å²) in [6.07, 6.45) is 1.56. The number of nitrogens with zero attached hydrogens (tertiary/aromatic N) is 5. The van der Waals surface area contributed by atoms with Crippen LogP contribution in [0.1, 0.15) is 12.7 Å². The molecule has 2 heterocycles. The van der Waals surface area contributed by atoms with Crippen molar-refractivity contribution in [1.82, 2.24) is 28.2 Å². The van der Waals surface area contributed by atoms with Gasteiger partial charge in [0.25, 0.3) is 0 Å². The SMILES string of the molecule is CCn1cnnc1CNS(=O)(=O)c1cccc2nsnc12. The Morgan fingerprint density at radius 1 is 1.33 bits per heavy atom. The first-order valence-electron chi connectivity index (χ1n) is 6.19.